The highest BCUT2D eigenvalue weighted by molar-refractivity contribution is 5.88. The summed E-state index contributed by atoms with van der Waals surface area (Å²) in [5.74, 6) is 2.00. The Morgan fingerprint density at radius 2 is 1.49 bits per heavy atom. The van der Waals surface area contributed by atoms with Gasteiger partial charge in [-0.25, -0.2) is 4.98 Å². The van der Waals surface area contributed by atoms with Crippen molar-refractivity contribution in [3.05, 3.63) is 126 Å². The van der Waals surface area contributed by atoms with Crippen molar-refractivity contribution in [2.45, 2.75) is 51.4 Å². The Balaban J connectivity index is 1.03. The van der Waals surface area contributed by atoms with Crippen LogP contribution in [0.15, 0.2) is 103 Å². The van der Waals surface area contributed by atoms with E-state index in [0.29, 0.717) is 63.5 Å². The number of carbonyl (C=O) groups excluding carboxylic acids is 2. The molecule has 0 bridgehead atoms. The monoisotopic (exact) mass is 602 g/mol. The summed E-state index contributed by atoms with van der Waals surface area (Å²) in [7, 11) is 0. The molecule has 2 heterocycles. The van der Waals surface area contributed by atoms with Gasteiger partial charge in [0.1, 0.15) is 25.1 Å². The van der Waals surface area contributed by atoms with Gasteiger partial charge in [-0.1, -0.05) is 78.9 Å². The Morgan fingerprint density at radius 1 is 0.800 bits per heavy atom. The summed E-state index contributed by atoms with van der Waals surface area (Å²) >= 11 is 0. The van der Waals surface area contributed by atoms with E-state index in [9.17, 15) is 9.59 Å². The summed E-state index contributed by atoms with van der Waals surface area (Å²) in [6, 6.07) is 33.4. The Hall–Kier alpha value is -5.11. The molecule has 2 N–H and O–H groups in total. The fourth-order valence-electron chi connectivity index (χ4n) is 5.69. The molecule has 6 rings (SSSR count). The number of aryl methyl sites for hydroxylation is 1. The first-order chi connectivity index (χ1) is 22.1. The molecule has 1 aliphatic rings. The van der Waals surface area contributed by atoms with Crippen LogP contribution in [0.2, 0.25) is 0 Å². The number of carbonyl (C=O) groups is 2. The first-order valence-corrected chi connectivity index (χ1v) is 15.6. The van der Waals surface area contributed by atoms with E-state index in [1.54, 1.807) is 4.90 Å². The van der Waals surface area contributed by atoms with Crippen LogP contribution >= 0.6 is 0 Å². The molecule has 2 amide bonds. The van der Waals surface area contributed by atoms with E-state index in [2.05, 4.69) is 15.3 Å². The number of hydrogen-bond donors (Lipinski definition) is 2. The SMILES string of the molecule is O=C(NCCc1ccc(OCc2ccccc2)c(OCc2ccccc2)c1)[C@@H]1CCCN1C(=O)CCc1nc2ccccc2[nH]1. The lowest BCUT2D eigenvalue weighted by Gasteiger charge is -2.24. The Kier molecular flexibility index (Phi) is 9.70. The van der Waals surface area contributed by atoms with Gasteiger partial charge in [0, 0.05) is 25.9 Å². The average molecular weight is 603 g/mol. The number of nitrogens with zero attached hydrogens (tertiary/aromatic N) is 2. The third-order valence-corrected chi connectivity index (χ3v) is 8.09. The highest BCUT2D eigenvalue weighted by Crippen LogP contribution is 2.30. The van der Waals surface area contributed by atoms with Crippen molar-refractivity contribution in [2.75, 3.05) is 13.1 Å². The van der Waals surface area contributed by atoms with Crippen molar-refractivity contribution in [1.82, 2.24) is 20.2 Å². The minimum Gasteiger partial charge on any atom is -0.485 e. The first kappa shape index (κ1) is 29.9. The molecule has 0 saturated carbocycles. The predicted molar refractivity (Wildman–Crippen MR) is 174 cm³/mol. The topological polar surface area (TPSA) is 96.6 Å². The van der Waals surface area contributed by atoms with Crippen molar-refractivity contribution in [3.8, 4) is 11.5 Å². The zero-order valence-electron chi connectivity index (χ0n) is 25.3. The Bertz CT molecular complexity index is 1690. The van der Waals surface area contributed by atoms with E-state index >= 15 is 0 Å². The Labute approximate surface area is 263 Å². The van der Waals surface area contributed by atoms with Crippen LogP contribution in [-0.4, -0.2) is 45.8 Å². The van der Waals surface area contributed by atoms with E-state index in [4.69, 9.17) is 9.47 Å². The van der Waals surface area contributed by atoms with Crippen molar-refractivity contribution in [1.29, 1.82) is 0 Å². The third kappa shape index (κ3) is 7.89. The number of hydrogen-bond acceptors (Lipinski definition) is 5. The van der Waals surface area contributed by atoms with Crippen molar-refractivity contribution < 1.29 is 19.1 Å². The molecule has 8 nitrogen and oxygen atoms in total. The number of rotatable bonds is 13. The zero-order chi connectivity index (χ0) is 30.8. The molecule has 8 heteroatoms. The van der Waals surface area contributed by atoms with Crippen LogP contribution in [-0.2, 0) is 35.6 Å². The number of H-pyrrole nitrogens is 1. The van der Waals surface area contributed by atoms with Gasteiger partial charge in [0.2, 0.25) is 11.8 Å². The van der Waals surface area contributed by atoms with Crippen LogP contribution < -0.4 is 14.8 Å². The summed E-state index contributed by atoms with van der Waals surface area (Å²) in [4.78, 5) is 35.9. The van der Waals surface area contributed by atoms with Crippen LogP contribution in [0.5, 0.6) is 11.5 Å². The smallest absolute Gasteiger partial charge is 0.242 e. The van der Waals surface area contributed by atoms with Crippen LogP contribution in [0, 0.1) is 0 Å². The lowest BCUT2D eigenvalue weighted by molar-refractivity contribution is -0.138. The third-order valence-electron chi connectivity index (χ3n) is 8.09. The molecule has 0 radical (unpaired) electrons. The van der Waals surface area contributed by atoms with Crippen LogP contribution in [0.3, 0.4) is 0 Å². The fraction of sp³-hybridized carbons (Fsp3) is 0.270. The van der Waals surface area contributed by atoms with Crippen molar-refractivity contribution >= 4 is 22.8 Å². The number of likely N-dealkylation sites (tertiary alicyclic amines) is 1. The first-order valence-electron chi connectivity index (χ1n) is 15.6. The van der Waals surface area contributed by atoms with E-state index < -0.39 is 6.04 Å². The maximum Gasteiger partial charge on any atom is 0.242 e. The van der Waals surface area contributed by atoms with Gasteiger partial charge < -0.3 is 24.7 Å². The highest BCUT2D eigenvalue weighted by Gasteiger charge is 2.33. The second-order valence-corrected chi connectivity index (χ2v) is 11.3. The van der Waals surface area contributed by atoms with Gasteiger partial charge in [0.05, 0.1) is 11.0 Å². The standard InChI is InChI=1S/C37H38N4O4/c42-36(20-19-35-39-30-14-7-8-15-31(30)40-35)41-23-9-16-32(41)37(43)38-22-21-27-17-18-33(44-25-28-10-3-1-4-11-28)34(24-27)45-26-29-12-5-2-6-13-29/h1-8,10-15,17-18,24,32H,9,16,19-23,25-26H2,(H,38,43)(H,39,40)/t32-/m0/s1. The van der Waals surface area contributed by atoms with Crippen molar-refractivity contribution in [3.63, 3.8) is 0 Å². The molecular formula is C37H38N4O4. The molecule has 0 aliphatic carbocycles. The summed E-state index contributed by atoms with van der Waals surface area (Å²) < 4.78 is 12.3. The molecular weight excluding hydrogens is 564 g/mol. The molecule has 0 unspecified atom stereocenters. The number of nitrogens with one attached hydrogen (secondary N) is 2. The quantitative estimate of drug-likeness (QED) is 0.172. The molecule has 1 saturated heterocycles. The molecule has 1 aliphatic heterocycles. The van der Waals surface area contributed by atoms with E-state index in [1.807, 2.05) is 103 Å². The molecule has 1 atom stereocenters. The molecule has 0 spiro atoms. The number of imidazole rings is 1. The van der Waals surface area contributed by atoms with Gasteiger partial charge in [-0.2, -0.15) is 0 Å². The largest absolute Gasteiger partial charge is 0.485 e. The number of para-hydroxylation sites is 2. The number of amides is 2. The molecule has 1 aromatic heterocycles. The summed E-state index contributed by atoms with van der Waals surface area (Å²) in [6.45, 7) is 1.92. The maximum absolute atomic E-state index is 13.2. The second kappa shape index (κ2) is 14.6. The van der Waals surface area contributed by atoms with Gasteiger partial charge >= 0.3 is 0 Å². The number of aromatic nitrogens is 2. The minimum absolute atomic E-state index is 0.0144. The summed E-state index contributed by atoms with van der Waals surface area (Å²) in [6.07, 6.45) is 2.94. The number of aromatic amines is 1. The predicted octanol–water partition coefficient (Wildman–Crippen LogP) is 6.00. The minimum atomic E-state index is -0.438. The van der Waals surface area contributed by atoms with E-state index in [0.717, 1.165) is 40.0 Å². The number of fused-ring (bicyclic) bond motifs is 1. The van der Waals surface area contributed by atoms with Crippen LogP contribution in [0.25, 0.3) is 11.0 Å². The van der Waals surface area contributed by atoms with Crippen LogP contribution in [0.4, 0.5) is 0 Å². The Morgan fingerprint density at radius 3 is 2.22 bits per heavy atom. The highest BCUT2D eigenvalue weighted by atomic mass is 16.5. The van der Waals surface area contributed by atoms with Gasteiger partial charge in [0.25, 0.3) is 0 Å². The molecule has 1 fully saturated rings. The van der Waals surface area contributed by atoms with Gasteiger partial charge in [0.15, 0.2) is 11.5 Å². The van der Waals surface area contributed by atoms with Gasteiger partial charge in [-0.05, 0) is 60.2 Å². The van der Waals surface area contributed by atoms with Crippen molar-refractivity contribution in [2.24, 2.45) is 0 Å². The molecule has 5 aromatic rings. The number of benzene rings is 4. The molecule has 230 valence electrons. The maximum atomic E-state index is 13.2. The summed E-state index contributed by atoms with van der Waals surface area (Å²) in [5, 5.41) is 3.06. The van der Waals surface area contributed by atoms with E-state index in [1.165, 1.54) is 0 Å². The lowest BCUT2D eigenvalue weighted by Crippen LogP contribution is -2.46. The van der Waals surface area contributed by atoms with E-state index in [-0.39, 0.29) is 11.8 Å². The fourth-order valence-corrected chi connectivity index (χ4v) is 5.69. The lowest BCUT2D eigenvalue weighted by atomic mass is 10.1. The van der Waals surface area contributed by atoms with Crippen LogP contribution in [0.1, 0.15) is 41.8 Å². The van der Waals surface area contributed by atoms with Gasteiger partial charge in [-0.3, -0.25) is 9.59 Å². The van der Waals surface area contributed by atoms with Gasteiger partial charge in [-0.15, -0.1) is 0 Å². The summed E-state index contributed by atoms with van der Waals surface area (Å²) in [5.41, 5.74) is 5.02. The molecule has 4 aromatic carbocycles. The average Bonchev–Trinajstić information content (AvgIpc) is 3.74. The number of ether oxygens (including phenoxy) is 2. The second-order valence-electron chi connectivity index (χ2n) is 11.3. The zero-order valence-corrected chi connectivity index (χ0v) is 25.3. The molecule has 45 heavy (non-hydrogen) atoms. The normalized spacial score (nSPS) is 14.4.